The van der Waals surface area contributed by atoms with Crippen LogP contribution in [0.2, 0.25) is 5.02 Å². The van der Waals surface area contributed by atoms with Crippen LogP contribution in [0.3, 0.4) is 0 Å². The van der Waals surface area contributed by atoms with Crippen molar-refractivity contribution in [2.75, 3.05) is 5.73 Å². The highest BCUT2D eigenvalue weighted by molar-refractivity contribution is 9.10. The third-order valence-corrected chi connectivity index (χ3v) is 4.47. The second-order valence-electron chi connectivity index (χ2n) is 4.77. The van der Waals surface area contributed by atoms with Crippen molar-refractivity contribution in [2.45, 2.75) is 6.92 Å². The lowest BCUT2D eigenvalue weighted by molar-refractivity contribution is 0.439. The van der Waals surface area contributed by atoms with Gasteiger partial charge in [-0.25, -0.2) is 0 Å². The summed E-state index contributed by atoms with van der Waals surface area (Å²) in [5, 5.41) is 4.74. The number of anilines is 1. The minimum absolute atomic E-state index is 0.305. The van der Waals surface area contributed by atoms with E-state index in [0.717, 1.165) is 21.2 Å². The third-order valence-electron chi connectivity index (χ3n) is 3.25. The van der Waals surface area contributed by atoms with Gasteiger partial charge in [0.05, 0.1) is 10.6 Å². The number of aryl methyl sites for hydroxylation is 1. The fourth-order valence-corrected chi connectivity index (χ4v) is 2.64. The number of hydrogen-bond acceptors (Lipinski definition) is 3. The lowest BCUT2D eigenvalue weighted by Crippen LogP contribution is -1.88. The predicted molar refractivity (Wildman–Crippen MR) is 89.2 cm³/mol. The van der Waals surface area contributed by atoms with E-state index < -0.39 is 0 Å². The van der Waals surface area contributed by atoms with E-state index in [9.17, 15) is 0 Å². The molecule has 3 rings (SSSR count). The Morgan fingerprint density at radius 3 is 2.43 bits per heavy atom. The first-order valence-corrected chi connectivity index (χ1v) is 7.51. The quantitative estimate of drug-likeness (QED) is 0.671. The van der Waals surface area contributed by atoms with Crippen molar-refractivity contribution < 1.29 is 4.52 Å². The first kappa shape index (κ1) is 14.2. The van der Waals surface area contributed by atoms with E-state index in [1.807, 2.05) is 49.4 Å². The lowest BCUT2D eigenvalue weighted by Gasteiger charge is -2.05. The van der Waals surface area contributed by atoms with Crippen molar-refractivity contribution in [2.24, 2.45) is 0 Å². The van der Waals surface area contributed by atoms with Gasteiger partial charge in [-0.15, -0.1) is 0 Å². The van der Waals surface area contributed by atoms with E-state index in [1.54, 1.807) is 0 Å². The predicted octanol–water partition coefficient (Wildman–Crippen LogP) is 5.32. The molecule has 3 nitrogen and oxygen atoms in total. The van der Waals surface area contributed by atoms with Crippen LogP contribution in [-0.4, -0.2) is 5.16 Å². The highest BCUT2D eigenvalue weighted by Crippen LogP contribution is 2.38. The minimum atomic E-state index is 0.305. The first-order valence-electron chi connectivity index (χ1n) is 6.34. The van der Waals surface area contributed by atoms with Gasteiger partial charge in [-0.1, -0.05) is 52.7 Å². The molecule has 21 heavy (non-hydrogen) atoms. The van der Waals surface area contributed by atoms with Crippen molar-refractivity contribution in [3.63, 3.8) is 0 Å². The molecule has 5 heteroatoms. The van der Waals surface area contributed by atoms with Crippen LogP contribution in [0.1, 0.15) is 5.56 Å². The summed E-state index contributed by atoms with van der Waals surface area (Å²) in [6.07, 6.45) is 0. The summed E-state index contributed by atoms with van der Waals surface area (Å²) < 4.78 is 5.99. The molecule has 1 aromatic heterocycles. The average Bonchev–Trinajstić information content (AvgIpc) is 2.85. The SMILES string of the molecule is Cc1ccc(-c2c(-c3ccc(Cl)c(Br)c3)noc2N)cc1. The number of nitrogens with two attached hydrogens (primary N) is 1. The zero-order valence-corrected chi connectivity index (χ0v) is 13.6. The van der Waals surface area contributed by atoms with E-state index >= 15 is 0 Å². The Balaban J connectivity index is 2.16. The summed E-state index contributed by atoms with van der Waals surface area (Å²) in [4.78, 5) is 0. The fraction of sp³-hybridized carbons (Fsp3) is 0.0625. The van der Waals surface area contributed by atoms with Gasteiger partial charge < -0.3 is 10.3 Å². The lowest BCUT2D eigenvalue weighted by atomic mass is 10.0. The molecule has 2 N–H and O–H groups in total. The highest BCUT2D eigenvalue weighted by atomic mass is 79.9. The smallest absolute Gasteiger partial charge is 0.230 e. The summed E-state index contributed by atoms with van der Waals surface area (Å²) in [6, 6.07) is 13.7. The zero-order valence-electron chi connectivity index (χ0n) is 11.2. The maximum absolute atomic E-state index is 6.03. The number of hydrogen-bond donors (Lipinski definition) is 1. The molecule has 0 radical (unpaired) electrons. The Bertz CT molecular complexity index is 797. The number of benzene rings is 2. The van der Waals surface area contributed by atoms with Crippen molar-refractivity contribution in [3.8, 4) is 22.4 Å². The number of nitrogens with zero attached hydrogens (tertiary/aromatic N) is 1. The molecule has 106 valence electrons. The maximum atomic E-state index is 6.03. The van der Waals surface area contributed by atoms with E-state index in [4.69, 9.17) is 21.9 Å². The van der Waals surface area contributed by atoms with Gasteiger partial charge in [-0.05, 0) is 40.5 Å². The largest absolute Gasteiger partial charge is 0.367 e. The Hall–Kier alpha value is -1.78. The van der Waals surface area contributed by atoms with Gasteiger partial charge in [0.1, 0.15) is 5.69 Å². The van der Waals surface area contributed by atoms with Crippen LogP contribution in [0.4, 0.5) is 5.88 Å². The Morgan fingerprint density at radius 2 is 1.76 bits per heavy atom. The molecule has 0 saturated heterocycles. The Labute approximate surface area is 135 Å². The molecular weight excluding hydrogens is 352 g/mol. The molecule has 0 aliphatic heterocycles. The van der Waals surface area contributed by atoms with E-state index in [2.05, 4.69) is 21.1 Å². The summed E-state index contributed by atoms with van der Waals surface area (Å²) in [5.74, 6) is 0.305. The standard InChI is InChI=1S/C16H12BrClN2O/c1-9-2-4-10(5-3-9)14-15(20-21-16(14)19)11-6-7-13(18)12(17)8-11/h2-8H,19H2,1H3. The topological polar surface area (TPSA) is 52.0 Å². The van der Waals surface area contributed by atoms with Crippen molar-refractivity contribution >= 4 is 33.4 Å². The van der Waals surface area contributed by atoms with Crippen LogP contribution in [0.15, 0.2) is 51.5 Å². The van der Waals surface area contributed by atoms with Gasteiger partial charge in [0, 0.05) is 10.0 Å². The molecular formula is C16H12BrClN2O. The summed E-state index contributed by atoms with van der Waals surface area (Å²) in [6.45, 7) is 2.04. The molecule has 0 bridgehead atoms. The summed E-state index contributed by atoms with van der Waals surface area (Å²) in [7, 11) is 0. The van der Waals surface area contributed by atoms with Gasteiger partial charge >= 0.3 is 0 Å². The van der Waals surface area contributed by atoms with Crippen molar-refractivity contribution in [1.29, 1.82) is 0 Å². The van der Waals surface area contributed by atoms with Crippen LogP contribution < -0.4 is 5.73 Å². The number of aromatic nitrogens is 1. The fourth-order valence-electron chi connectivity index (χ4n) is 2.14. The zero-order chi connectivity index (χ0) is 15.0. The van der Waals surface area contributed by atoms with E-state index in [1.165, 1.54) is 5.56 Å². The van der Waals surface area contributed by atoms with Crippen LogP contribution in [0.5, 0.6) is 0 Å². The van der Waals surface area contributed by atoms with Crippen molar-refractivity contribution in [1.82, 2.24) is 5.16 Å². The molecule has 0 atom stereocenters. The third kappa shape index (κ3) is 2.69. The Morgan fingerprint density at radius 1 is 1.10 bits per heavy atom. The van der Waals surface area contributed by atoms with Gasteiger partial charge in [0.25, 0.3) is 0 Å². The van der Waals surface area contributed by atoms with Gasteiger partial charge in [0.2, 0.25) is 5.88 Å². The second-order valence-corrected chi connectivity index (χ2v) is 6.03. The molecule has 0 aliphatic rings. The van der Waals surface area contributed by atoms with Crippen LogP contribution in [0.25, 0.3) is 22.4 Å². The Kier molecular flexibility index (Phi) is 3.74. The monoisotopic (exact) mass is 362 g/mol. The number of halogens is 2. The van der Waals surface area contributed by atoms with Crippen LogP contribution >= 0.6 is 27.5 Å². The van der Waals surface area contributed by atoms with E-state index in [-0.39, 0.29) is 0 Å². The van der Waals surface area contributed by atoms with Crippen molar-refractivity contribution in [3.05, 3.63) is 57.5 Å². The highest BCUT2D eigenvalue weighted by Gasteiger charge is 2.17. The first-order chi connectivity index (χ1) is 10.1. The molecule has 0 amide bonds. The molecule has 0 unspecified atom stereocenters. The molecule has 0 aliphatic carbocycles. The summed E-state index contributed by atoms with van der Waals surface area (Å²) >= 11 is 9.45. The normalized spacial score (nSPS) is 10.8. The molecule has 0 spiro atoms. The molecule has 1 heterocycles. The number of nitrogen functional groups attached to an aromatic ring is 1. The van der Waals surface area contributed by atoms with Crippen LogP contribution in [0, 0.1) is 6.92 Å². The summed E-state index contributed by atoms with van der Waals surface area (Å²) in [5.41, 5.74) is 10.5. The van der Waals surface area contributed by atoms with Gasteiger partial charge in [-0.3, -0.25) is 0 Å². The second kappa shape index (κ2) is 5.54. The van der Waals surface area contributed by atoms with Crippen LogP contribution in [-0.2, 0) is 0 Å². The maximum Gasteiger partial charge on any atom is 0.230 e. The van der Waals surface area contributed by atoms with Gasteiger partial charge in [-0.2, -0.15) is 0 Å². The molecule has 3 aromatic rings. The average molecular weight is 364 g/mol. The molecule has 2 aromatic carbocycles. The molecule has 0 fully saturated rings. The van der Waals surface area contributed by atoms with Gasteiger partial charge in [0.15, 0.2) is 0 Å². The number of rotatable bonds is 2. The van der Waals surface area contributed by atoms with E-state index in [0.29, 0.717) is 16.6 Å². The molecule has 0 saturated carbocycles. The minimum Gasteiger partial charge on any atom is -0.367 e.